The highest BCUT2D eigenvalue weighted by atomic mass is 16.3. The molecular formula is C27H31N3O3. The molecule has 0 radical (unpaired) electrons. The summed E-state index contributed by atoms with van der Waals surface area (Å²) in [7, 11) is 1.00. The highest BCUT2D eigenvalue weighted by molar-refractivity contribution is 6.11. The maximum Gasteiger partial charge on any atom is 0.160 e. The van der Waals surface area contributed by atoms with Gasteiger partial charge in [-0.05, 0) is 49.5 Å². The van der Waals surface area contributed by atoms with Crippen molar-refractivity contribution < 1.29 is 15.0 Å². The van der Waals surface area contributed by atoms with Gasteiger partial charge in [0.05, 0.1) is 17.1 Å². The molecule has 0 unspecified atom stereocenters. The predicted octanol–water partition coefficient (Wildman–Crippen LogP) is 4.45. The van der Waals surface area contributed by atoms with Gasteiger partial charge in [0.15, 0.2) is 5.78 Å². The van der Waals surface area contributed by atoms with Crippen LogP contribution in [0.15, 0.2) is 65.2 Å². The van der Waals surface area contributed by atoms with Crippen LogP contribution < -0.4 is 0 Å². The molecule has 2 N–H and O–H groups in total. The molecule has 1 aromatic heterocycles. The number of nitrogens with zero attached hydrogens (tertiary/aromatic N) is 3. The maximum absolute atomic E-state index is 12.2. The third-order valence-corrected chi connectivity index (χ3v) is 5.10. The topological polar surface area (TPSA) is 95.1 Å². The van der Waals surface area contributed by atoms with E-state index in [9.17, 15) is 4.79 Å². The Morgan fingerprint density at radius 3 is 2.61 bits per heavy atom. The highest BCUT2D eigenvalue weighted by Crippen LogP contribution is 2.22. The van der Waals surface area contributed by atoms with Crippen LogP contribution in [-0.2, 0) is 12.8 Å². The van der Waals surface area contributed by atoms with Gasteiger partial charge in [-0.2, -0.15) is 0 Å². The number of aromatic nitrogens is 1. The van der Waals surface area contributed by atoms with E-state index in [1.54, 1.807) is 31.6 Å². The van der Waals surface area contributed by atoms with Crippen molar-refractivity contribution >= 4 is 29.5 Å². The fraction of sp³-hybridized carbons (Fsp3) is 0.259. The number of aliphatic hydroxyl groups excluding tert-OH is 2. The Morgan fingerprint density at radius 1 is 1.24 bits per heavy atom. The second kappa shape index (κ2) is 13.2. The molecule has 0 atom stereocenters. The normalized spacial score (nSPS) is 12.7. The fourth-order valence-corrected chi connectivity index (χ4v) is 3.37. The molecule has 0 spiro atoms. The van der Waals surface area contributed by atoms with Crippen molar-refractivity contribution in [3.05, 3.63) is 88.9 Å². The first-order valence-corrected chi connectivity index (χ1v) is 10.8. The molecule has 3 rings (SSSR count). The van der Waals surface area contributed by atoms with E-state index in [1.165, 1.54) is 5.56 Å². The maximum atomic E-state index is 12.2. The fourth-order valence-electron chi connectivity index (χ4n) is 3.37. The zero-order valence-corrected chi connectivity index (χ0v) is 19.5. The molecule has 2 aromatic rings. The summed E-state index contributed by atoms with van der Waals surface area (Å²) in [4.78, 5) is 25.6. The second-order valence-corrected chi connectivity index (χ2v) is 7.31. The number of fused-ring (bicyclic) bond motifs is 1. The summed E-state index contributed by atoms with van der Waals surface area (Å²) in [5.74, 6) is -0.0412. The zero-order valence-electron chi connectivity index (χ0n) is 19.5. The molecule has 1 aliphatic rings. The van der Waals surface area contributed by atoms with E-state index in [1.807, 2.05) is 19.1 Å². The second-order valence-electron chi connectivity index (χ2n) is 7.31. The minimum atomic E-state index is -0.0412. The van der Waals surface area contributed by atoms with Crippen LogP contribution in [0.5, 0.6) is 0 Å². The van der Waals surface area contributed by atoms with E-state index in [0.29, 0.717) is 23.4 Å². The molecule has 0 saturated heterocycles. The minimum Gasteiger partial charge on any atom is -0.400 e. The number of hydrogen-bond donors (Lipinski definition) is 2. The number of carbonyl (C=O) groups excluding carboxylic acids is 1. The van der Waals surface area contributed by atoms with E-state index in [-0.39, 0.29) is 12.4 Å². The number of Topliss-reactive ketones (excluding diaryl/α,β-unsaturated/α-hetero) is 1. The van der Waals surface area contributed by atoms with E-state index >= 15 is 0 Å². The summed E-state index contributed by atoms with van der Waals surface area (Å²) in [6, 6.07) is 9.98. The first-order valence-electron chi connectivity index (χ1n) is 10.8. The lowest BCUT2D eigenvalue weighted by Gasteiger charge is -2.10. The molecule has 2 heterocycles. The van der Waals surface area contributed by atoms with Crippen LogP contribution in [-0.4, -0.2) is 47.1 Å². The van der Waals surface area contributed by atoms with Crippen molar-refractivity contribution in [2.24, 2.45) is 9.98 Å². The van der Waals surface area contributed by atoms with Crippen molar-refractivity contribution in [2.75, 3.05) is 13.7 Å². The standard InChI is InChI=1S/C26H27N3O2.CH4O/c1-4-21(22-11-9-20(10-12-22)7-6-14-30)16-28-18(2)26-15-23(19(3)31)24-17-27-13-5-8-25(24)29-26;1-2/h4-5,9-13,15-17,30H,2,6-8,14H2,1,3H3;2H,1H3/b21-4+,28-16?;. The molecule has 1 aromatic carbocycles. The lowest BCUT2D eigenvalue weighted by Crippen LogP contribution is -2.07. The Kier molecular flexibility index (Phi) is 10.3. The Bertz CT molecular complexity index is 1090. The molecule has 0 aliphatic carbocycles. The highest BCUT2D eigenvalue weighted by Gasteiger charge is 2.16. The summed E-state index contributed by atoms with van der Waals surface area (Å²) in [6.07, 6.45) is 11.3. The van der Waals surface area contributed by atoms with E-state index in [0.717, 1.165) is 42.3 Å². The van der Waals surface area contributed by atoms with E-state index < -0.39 is 0 Å². The number of carbonyl (C=O) groups is 1. The molecule has 172 valence electrons. The lowest BCUT2D eigenvalue weighted by atomic mass is 10.0. The van der Waals surface area contributed by atoms with Gasteiger partial charge < -0.3 is 10.2 Å². The van der Waals surface area contributed by atoms with Gasteiger partial charge in [0.2, 0.25) is 0 Å². The largest absolute Gasteiger partial charge is 0.400 e. The summed E-state index contributed by atoms with van der Waals surface area (Å²) in [5, 5.41) is 16.0. The third kappa shape index (κ3) is 7.00. The summed E-state index contributed by atoms with van der Waals surface area (Å²) >= 11 is 0. The Balaban J connectivity index is 0.00000187. The minimum absolute atomic E-state index is 0.0412. The molecule has 1 aliphatic heterocycles. The third-order valence-electron chi connectivity index (χ3n) is 5.10. The zero-order chi connectivity index (χ0) is 24.2. The van der Waals surface area contributed by atoms with Crippen molar-refractivity contribution in [3.63, 3.8) is 0 Å². The number of allylic oxidation sites excluding steroid dienone is 3. The summed E-state index contributed by atoms with van der Waals surface area (Å²) < 4.78 is 0. The number of aliphatic hydroxyl groups is 2. The molecule has 6 heteroatoms. The molecule has 33 heavy (non-hydrogen) atoms. The van der Waals surface area contributed by atoms with Crippen LogP contribution in [0.3, 0.4) is 0 Å². The first-order chi connectivity index (χ1) is 16.0. The average molecular weight is 446 g/mol. The molecule has 0 fully saturated rings. The Hall–Kier alpha value is -3.48. The van der Waals surface area contributed by atoms with Crippen LogP contribution in [0.4, 0.5) is 0 Å². The number of rotatable bonds is 8. The number of aryl methyl sites for hydroxylation is 1. The summed E-state index contributed by atoms with van der Waals surface area (Å²) in [5.41, 5.74) is 6.41. The quantitative estimate of drug-likeness (QED) is 0.463. The molecule has 0 saturated carbocycles. The lowest BCUT2D eigenvalue weighted by molar-refractivity contribution is 0.101. The molecule has 0 bridgehead atoms. The Morgan fingerprint density at radius 2 is 1.97 bits per heavy atom. The number of ketones is 1. The number of pyridine rings is 1. The first kappa shape index (κ1) is 25.8. The SMILES string of the molecule is C=C(N=C/C(=C\C)c1ccc(CCCO)cc1)c1cc(C(C)=O)c2c(n1)CC=CN=C2.CO. The van der Waals surface area contributed by atoms with E-state index in [2.05, 4.69) is 45.8 Å². The van der Waals surface area contributed by atoms with Gasteiger partial charge in [0.1, 0.15) is 0 Å². The van der Waals surface area contributed by atoms with Crippen LogP contribution in [0.2, 0.25) is 0 Å². The number of aliphatic imine (C=N–C) groups is 2. The van der Waals surface area contributed by atoms with Crippen molar-refractivity contribution in [2.45, 2.75) is 33.1 Å². The molecule has 6 nitrogen and oxygen atoms in total. The van der Waals surface area contributed by atoms with Crippen LogP contribution >= 0.6 is 0 Å². The van der Waals surface area contributed by atoms with Crippen LogP contribution in [0.25, 0.3) is 11.3 Å². The van der Waals surface area contributed by atoms with Crippen molar-refractivity contribution in [1.82, 2.24) is 4.98 Å². The van der Waals surface area contributed by atoms with Crippen LogP contribution in [0, 0.1) is 0 Å². The van der Waals surface area contributed by atoms with Crippen molar-refractivity contribution in [3.8, 4) is 0 Å². The number of hydrogen-bond acceptors (Lipinski definition) is 6. The summed E-state index contributed by atoms with van der Waals surface area (Å²) in [6.45, 7) is 7.77. The Labute approximate surface area is 195 Å². The molecular weight excluding hydrogens is 414 g/mol. The van der Waals surface area contributed by atoms with E-state index in [4.69, 9.17) is 10.2 Å². The van der Waals surface area contributed by atoms with Gasteiger partial charge in [-0.25, -0.2) is 0 Å². The average Bonchev–Trinajstić information content (AvgIpc) is 3.09. The van der Waals surface area contributed by atoms with Crippen molar-refractivity contribution in [1.29, 1.82) is 0 Å². The monoisotopic (exact) mass is 445 g/mol. The smallest absolute Gasteiger partial charge is 0.160 e. The van der Waals surface area contributed by atoms with Gasteiger partial charge in [-0.3, -0.25) is 19.8 Å². The molecule has 0 amide bonds. The predicted molar refractivity (Wildman–Crippen MR) is 136 cm³/mol. The number of benzene rings is 1. The van der Waals surface area contributed by atoms with Gasteiger partial charge in [0, 0.05) is 49.9 Å². The van der Waals surface area contributed by atoms with Gasteiger partial charge in [0.25, 0.3) is 0 Å². The van der Waals surface area contributed by atoms with Gasteiger partial charge >= 0.3 is 0 Å². The van der Waals surface area contributed by atoms with Gasteiger partial charge in [-0.15, -0.1) is 0 Å². The van der Waals surface area contributed by atoms with Gasteiger partial charge in [-0.1, -0.05) is 43.0 Å². The van der Waals surface area contributed by atoms with Crippen LogP contribution in [0.1, 0.15) is 58.7 Å².